The second-order valence-corrected chi connectivity index (χ2v) is 20.5. The topological polar surface area (TPSA) is 130 Å². The lowest BCUT2D eigenvalue weighted by molar-refractivity contribution is -0.136. The summed E-state index contributed by atoms with van der Waals surface area (Å²) in [5.41, 5.74) is 6.18. The highest BCUT2D eigenvalue weighted by molar-refractivity contribution is 6.06. The molecule has 11 rings (SSSR count). The first kappa shape index (κ1) is 40.7. The van der Waals surface area contributed by atoms with Crippen molar-refractivity contribution in [3.05, 3.63) is 76.7 Å². The van der Waals surface area contributed by atoms with Crippen LogP contribution >= 0.6 is 0 Å². The van der Waals surface area contributed by atoms with Gasteiger partial charge in [-0.3, -0.25) is 29.5 Å². The molecule has 1 saturated carbocycles. The number of piperidine rings is 2. The van der Waals surface area contributed by atoms with E-state index in [0.29, 0.717) is 43.0 Å². The van der Waals surface area contributed by atoms with Crippen LogP contribution in [0.1, 0.15) is 111 Å². The molecule has 6 aliphatic heterocycles. The van der Waals surface area contributed by atoms with E-state index in [9.17, 15) is 14.4 Å². The SMILES string of the molecule is C[C@@H]1Cc2c([nH]c3ccccc23)[C@@H](c2cnc(N3CCC4(CCC(CN5CCN6c7cc8c(cc7OC[C@@H]6C5)C(=O)N([C@H]5CCC(=O)NC5=O)C8)CC4)CC3)nc2)N1CC(C)(C)F. The third kappa shape index (κ3) is 7.44. The molecule has 4 fully saturated rings. The van der Waals surface area contributed by atoms with Gasteiger partial charge >= 0.3 is 0 Å². The number of halogens is 1. The van der Waals surface area contributed by atoms with Gasteiger partial charge in [-0.15, -0.1) is 0 Å². The van der Waals surface area contributed by atoms with E-state index in [0.717, 1.165) is 85.4 Å². The number of imide groups is 1. The highest BCUT2D eigenvalue weighted by Gasteiger charge is 2.44. The number of hydrogen-bond acceptors (Lipinski definition) is 10. The first-order valence-electron chi connectivity index (χ1n) is 23.4. The molecular formula is C49H60FN9O4. The molecular weight excluding hydrogens is 798 g/mol. The number of piperazine rings is 1. The van der Waals surface area contributed by atoms with Crippen molar-refractivity contribution in [3.63, 3.8) is 0 Å². The summed E-state index contributed by atoms with van der Waals surface area (Å²) in [6.07, 6.45) is 12.9. The summed E-state index contributed by atoms with van der Waals surface area (Å²) in [6, 6.07) is 12.1. The summed E-state index contributed by atoms with van der Waals surface area (Å²) in [4.78, 5) is 62.8. The predicted octanol–water partition coefficient (Wildman–Crippen LogP) is 6.16. The van der Waals surface area contributed by atoms with E-state index in [1.165, 1.54) is 49.5 Å². The van der Waals surface area contributed by atoms with Crippen molar-refractivity contribution in [1.82, 2.24) is 35.0 Å². The Labute approximate surface area is 368 Å². The molecule has 0 radical (unpaired) electrons. The number of carbonyl (C=O) groups is 3. The van der Waals surface area contributed by atoms with Crippen molar-refractivity contribution in [1.29, 1.82) is 0 Å². The number of para-hydroxylation sites is 1. The summed E-state index contributed by atoms with van der Waals surface area (Å²) in [6.45, 7) is 12.8. The standard InChI is InChI=1S/C49H60FN9O4/c1-30-20-37-35-6-4-5-7-38(35)53-43(37)44(59(30)29-48(2,3)50)33-23-51-47(52-24-33)56-16-14-49(15-17-56)12-10-31(11-13-49)25-55-18-19-57-34(27-55)28-63-41-22-36-32(21-40(41)57)26-58(46(36)62)39-8-9-42(60)54-45(39)61/h4-7,21-24,30-31,34,39,44,53H,8-20,25-29H2,1-3H3,(H,54,60,61)/t30-,34+,39+,44-/m1/s1. The minimum Gasteiger partial charge on any atom is -0.489 e. The molecule has 63 heavy (non-hydrogen) atoms. The first-order chi connectivity index (χ1) is 30.4. The third-order valence-electron chi connectivity index (χ3n) is 15.7. The number of nitrogens with one attached hydrogen (secondary N) is 2. The quantitative estimate of drug-likeness (QED) is 0.209. The van der Waals surface area contributed by atoms with Crippen LogP contribution in [-0.2, 0) is 22.6 Å². The van der Waals surface area contributed by atoms with Crippen molar-refractivity contribution in [2.75, 3.05) is 62.2 Å². The molecule has 3 saturated heterocycles. The van der Waals surface area contributed by atoms with Crippen molar-refractivity contribution >= 4 is 40.3 Å². The van der Waals surface area contributed by atoms with Crippen LogP contribution < -0.4 is 19.9 Å². The molecule has 7 aliphatic rings. The monoisotopic (exact) mass is 857 g/mol. The molecule has 332 valence electrons. The molecule has 13 nitrogen and oxygen atoms in total. The highest BCUT2D eigenvalue weighted by atomic mass is 19.1. The Balaban J connectivity index is 0.686. The number of amides is 3. The van der Waals surface area contributed by atoms with E-state index in [4.69, 9.17) is 14.7 Å². The van der Waals surface area contributed by atoms with Crippen molar-refractivity contribution in [3.8, 4) is 5.75 Å². The van der Waals surface area contributed by atoms with E-state index in [2.05, 4.69) is 67.2 Å². The largest absolute Gasteiger partial charge is 0.489 e. The molecule has 0 unspecified atom stereocenters. The Bertz CT molecular complexity index is 2430. The van der Waals surface area contributed by atoms with Crippen molar-refractivity contribution in [2.24, 2.45) is 11.3 Å². The molecule has 0 bridgehead atoms. The first-order valence-corrected chi connectivity index (χ1v) is 23.4. The second kappa shape index (κ2) is 15.6. The Morgan fingerprint density at radius 1 is 0.952 bits per heavy atom. The summed E-state index contributed by atoms with van der Waals surface area (Å²) in [5.74, 6) is 1.40. The number of benzene rings is 2. The maximum Gasteiger partial charge on any atom is 0.255 e. The zero-order valence-corrected chi connectivity index (χ0v) is 36.9. The van der Waals surface area contributed by atoms with E-state index in [1.807, 2.05) is 18.5 Å². The summed E-state index contributed by atoms with van der Waals surface area (Å²) < 4.78 is 21.6. The molecule has 2 aromatic heterocycles. The second-order valence-electron chi connectivity index (χ2n) is 20.5. The van der Waals surface area contributed by atoms with Crippen LogP contribution in [0.4, 0.5) is 16.0 Å². The molecule has 14 heteroatoms. The van der Waals surface area contributed by atoms with Gasteiger partial charge in [-0.2, -0.15) is 0 Å². The lowest BCUT2D eigenvalue weighted by Crippen LogP contribution is -2.58. The molecule has 8 heterocycles. The average Bonchev–Trinajstić information content (AvgIpc) is 3.80. The van der Waals surface area contributed by atoms with Gasteiger partial charge in [-0.05, 0) is 113 Å². The molecule has 4 atom stereocenters. The fourth-order valence-corrected chi connectivity index (χ4v) is 12.4. The smallest absolute Gasteiger partial charge is 0.255 e. The summed E-state index contributed by atoms with van der Waals surface area (Å²) in [7, 11) is 0. The van der Waals surface area contributed by atoms with Crippen LogP contribution in [-0.4, -0.2) is 124 Å². The predicted molar refractivity (Wildman–Crippen MR) is 239 cm³/mol. The number of aromatic amines is 1. The number of rotatable bonds is 7. The number of hydrogen-bond donors (Lipinski definition) is 2. The minimum absolute atomic E-state index is 0.146. The maximum absolute atomic E-state index is 15.3. The number of carbonyl (C=O) groups excluding carboxylic acids is 3. The maximum atomic E-state index is 15.3. The number of nitrogens with zero attached hydrogens (tertiary/aromatic N) is 7. The van der Waals surface area contributed by atoms with Crippen LogP contribution in [0, 0.1) is 11.3 Å². The molecule has 1 aliphatic carbocycles. The van der Waals surface area contributed by atoms with Crippen molar-refractivity contribution in [2.45, 2.75) is 115 Å². The summed E-state index contributed by atoms with van der Waals surface area (Å²) in [5, 5.41) is 3.64. The van der Waals surface area contributed by atoms with E-state index in [-0.39, 0.29) is 42.3 Å². The zero-order chi connectivity index (χ0) is 43.2. The van der Waals surface area contributed by atoms with Gasteiger partial charge in [0.15, 0.2) is 0 Å². The lowest BCUT2D eigenvalue weighted by Gasteiger charge is -2.48. The van der Waals surface area contributed by atoms with Gasteiger partial charge in [0.05, 0.1) is 17.8 Å². The fourth-order valence-electron chi connectivity index (χ4n) is 12.4. The average molecular weight is 858 g/mol. The van der Waals surface area contributed by atoms with E-state index in [1.54, 1.807) is 18.7 Å². The molecule has 2 aromatic carbocycles. The van der Waals surface area contributed by atoms with Gasteiger partial charge in [-0.25, -0.2) is 14.4 Å². The Kier molecular flexibility index (Phi) is 10.1. The highest BCUT2D eigenvalue weighted by Crippen LogP contribution is 2.48. The Morgan fingerprint density at radius 2 is 1.73 bits per heavy atom. The van der Waals surface area contributed by atoms with Gasteiger partial charge in [0, 0.05) is 105 Å². The number of ether oxygens (including phenoxy) is 1. The molecule has 3 amide bonds. The number of fused-ring (bicyclic) bond motifs is 7. The normalized spacial score (nSPS) is 26.7. The van der Waals surface area contributed by atoms with Crippen LogP contribution in [0.15, 0.2) is 48.8 Å². The van der Waals surface area contributed by atoms with Gasteiger partial charge < -0.3 is 24.4 Å². The lowest BCUT2D eigenvalue weighted by atomic mass is 9.65. The number of aromatic nitrogens is 3. The summed E-state index contributed by atoms with van der Waals surface area (Å²) >= 11 is 0. The van der Waals surface area contributed by atoms with E-state index < -0.39 is 11.7 Å². The van der Waals surface area contributed by atoms with Crippen LogP contribution in [0.2, 0.25) is 0 Å². The minimum atomic E-state index is -1.34. The number of H-pyrrole nitrogens is 1. The fraction of sp³-hybridized carbons (Fsp3) is 0.571. The van der Waals surface area contributed by atoms with E-state index >= 15 is 4.39 Å². The Morgan fingerprint density at radius 3 is 2.49 bits per heavy atom. The molecule has 4 aromatic rings. The number of alkyl halides is 1. The zero-order valence-electron chi connectivity index (χ0n) is 36.9. The van der Waals surface area contributed by atoms with Crippen LogP contribution in [0.3, 0.4) is 0 Å². The van der Waals surface area contributed by atoms with Gasteiger partial charge in [-0.1, -0.05) is 18.2 Å². The third-order valence-corrected chi connectivity index (χ3v) is 15.7. The van der Waals surface area contributed by atoms with Crippen molar-refractivity contribution < 1.29 is 23.5 Å². The van der Waals surface area contributed by atoms with Gasteiger partial charge in [0.1, 0.15) is 24.1 Å². The molecule has 1 spiro atoms. The van der Waals surface area contributed by atoms with Crippen LogP contribution in [0.25, 0.3) is 10.9 Å². The van der Waals surface area contributed by atoms with Gasteiger partial charge in [0.2, 0.25) is 17.8 Å². The molecule has 2 N–H and O–H groups in total. The van der Waals surface area contributed by atoms with Gasteiger partial charge in [0.25, 0.3) is 5.91 Å². The number of anilines is 2. The van der Waals surface area contributed by atoms with Crippen LogP contribution in [0.5, 0.6) is 5.75 Å². The Hall–Kier alpha value is -5.08.